The Labute approximate surface area is 135 Å². The highest BCUT2D eigenvalue weighted by atomic mass is 32.2. The van der Waals surface area contributed by atoms with E-state index in [4.69, 9.17) is 5.26 Å². The zero-order valence-electron chi connectivity index (χ0n) is 12.5. The van der Waals surface area contributed by atoms with Crippen molar-refractivity contribution in [3.05, 3.63) is 54.2 Å². The van der Waals surface area contributed by atoms with Crippen LogP contribution in [0.25, 0.3) is 0 Å². The number of nitriles is 1. The van der Waals surface area contributed by atoms with Crippen LogP contribution in [0.15, 0.2) is 53.6 Å². The first-order valence-electron chi connectivity index (χ1n) is 7.27. The normalized spacial score (nSPS) is 16.0. The number of anilines is 1. The number of sulfonamides is 1. The molecule has 1 saturated heterocycles. The summed E-state index contributed by atoms with van der Waals surface area (Å²) in [5, 5.41) is 8.95. The van der Waals surface area contributed by atoms with Gasteiger partial charge in [-0.2, -0.15) is 9.57 Å². The lowest BCUT2D eigenvalue weighted by atomic mass is 10.2. The molecule has 0 amide bonds. The van der Waals surface area contributed by atoms with Crippen molar-refractivity contribution < 1.29 is 8.42 Å². The van der Waals surface area contributed by atoms with Crippen molar-refractivity contribution in [3.63, 3.8) is 0 Å². The van der Waals surface area contributed by atoms with Crippen LogP contribution in [0.2, 0.25) is 0 Å². The summed E-state index contributed by atoms with van der Waals surface area (Å²) >= 11 is 0. The van der Waals surface area contributed by atoms with E-state index in [1.165, 1.54) is 4.31 Å². The lowest BCUT2D eigenvalue weighted by Gasteiger charge is -2.34. The van der Waals surface area contributed by atoms with E-state index in [-0.39, 0.29) is 0 Å². The molecule has 1 aliphatic heterocycles. The minimum atomic E-state index is -3.45. The molecule has 0 aliphatic carbocycles. The monoisotopic (exact) mass is 328 g/mol. The fourth-order valence-electron chi connectivity index (χ4n) is 2.56. The van der Waals surface area contributed by atoms with E-state index in [2.05, 4.69) is 11.1 Å². The molecule has 1 fully saturated rings. The van der Waals surface area contributed by atoms with Crippen LogP contribution in [0, 0.1) is 11.3 Å². The molecule has 2 aromatic rings. The standard InChI is InChI=1S/C16H16N4O2S/c17-13-14-6-7-18-16(12-14)19-8-10-20(11-9-19)23(21,22)15-4-2-1-3-5-15/h1-7,12H,8-11H2. The van der Waals surface area contributed by atoms with Crippen LogP contribution in [0.3, 0.4) is 0 Å². The zero-order valence-corrected chi connectivity index (χ0v) is 13.3. The van der Waals surface area contributed by atoms with Crippen LogP contribution in [-0.4, -0.2) is 43.9 Å². The molecule has 0 atom stereocenters. The van der Waals surface area contributed by atoms with Crippen molar-refractivity contribution >= 4 is 15.8 Å². The van der Waals surface area contributed by atoms with Gasteiger partial charge in [0.15, 0.2) is 0 Å². The van der Waals surface area contributed by atoms with Gasteiger partial charge in [-0.25, -0.2) is 13.4 Å². The Bertz CT molecular complexity index is 823. The molecule has 118 valence electrons. The molecule has 2 heterocycles. The zero-order chi connectivity index (χ0) is 16.3. The Morgan fingerprint density at radius 3 is 2.39 bits per heavy atom. The maximum absolute atomic E-state index is 12.6. The fraction of sp³-hybridized carbons (Fsp3) is 0.250. The second kappa shape index (κ2) is 6.36. The minimum Gasteiger partial charge on any atom is -0.354 e. The van der Waals surface area contributed by atoms with E-state index in [0.29, 0.717) is 42.5 Å². The summed E-state index contributed by atoms with van der Waals surface area (Å²) in [5.41, 5.74) is 0.550. The van der Waals surface area contributed by atoms with Gasteiger partial charge in [-0.15, -0.1) is 0 Å². The molecule has 6 nitrogen and oxygen atoms in total. The summed E-state index contributed by atoms with van der Waals surface area (Å²) < 4.78 is 26.7. The predicted molar refractivity (Wildman–Crippen MR) is 86.4 cm³/mol. The van der Waals surface area contributed by atoms with E-state index in [0.717, 1.165) is 0 Å². The third-order valence-corrected chi connectivity index (χ3v) is 5.73. The quantitative estimate of drug-likeness (QED) is 0.852. The number of pyridine rings is 1. The number of aromatic nitrogens is 1. The van der Waals surface area contributed by atoms with Crippen LogP contribution >= 0.6 is 0 Å². The van der Waals surface area contributed by atoms with Gasteiger partial charge in [-0.1, -0.05) is 18.2 Å². The maximum Gasteiger partial charge on any atom is 0.243 e. The number of rotatable bonds is 3. The Balaban J connectivity index is 1.72. The Morgan fingerprint density at radius 1 is 1.04 bits per heavy atom. The Kier molecular flexibility index (Phi) is 4.28. The van der Waals surface area contributed by atoms with E-state index >= 15 is 0 Å². The van der Waals surface area contributed by atoms with Crippen molar-refractivity contribution in [2.45, 2.75) is 4.90 Å². The molecule has 23 heavy (non-hydrogen) atoms. The first-order chi connectivity index (χ1) is 11.1. The summed E-state index contributed by atoms with van der Waals surface area (Å²) in [6, 6.07) is 13.9. The van der Waals surface area contributed by atoms with E-state index < -0.39 is 10.0 Å². The Hall–Kier alpha value is -2.43. The lowest BCUT2D eigenvalue weighted by molar-refractivity contribution is 0.384. The molecular weight excluding hydrogens is 312 g/mol. The topological polar surface area (TPSA) is 77.3 Å². The van der Waals surface area contributed by atoms with Crippen LogP contribution in [-0.2, 0) is 10.0 Å². The number of hydrogen-bond donors (Lipinski definition) is 0. The molecule has 3 rings (SSSR count). The van der Waals surface area contributed by atoms with Crippen molar-refractivity contribution in [3.8, 4) is 6.07 Å². The average molecular weight is 328 g/mol. The molecule has 1 aromatic carbocycles. The second-order valence-electron chi connectivity index (χ2n) is 5.22. The summed E-state index contributed by atoms with van der Waals surface area (Å²) in [4.78, 5) is 6.58. The molecule has 1 aliphatic rings. The first kappa shape index (κ1) is 15.5. The minimum absolute atomic E-state index is 0.318. The highest BCUT2D eigenvalue weighted by Crippen LogP contribution is 2.20. The first-order valence-corrected chi connectivity index (χ1v) is 8.71. The summed E-state index contributed by atoms with van der Waals surface area (Å²) in [6.07, 6.45) is 1.60. The number of hydrogen-bond acceptors (Lipinski definition) is 5. The molecule has 0 unspecified atom stereocenters. The SMILES string of the molecule is N#Cc1ccnc(N2CCN(S(=O)(=O)c3ccccc3)CC2)c1. The van der Waals surface area contributed by atoms with Gasteiger partial charge in [0.25, 0.3) is 0 Å². The largest absolute Gasteiger partial charge is 0.354 e. The fourth-order valence-corrected chi connectivity index (χ4v) is 4.00. The smallest absolute Gasteiger partial charge is 0.243 e. The van der Waals surface area contributed by atoms with Crippen molar-refractivity contribution in [1.82, 2.24) is 9.29 Å². The van der Waals surface area contributed by atoms with Gasteiger partial charge < -0.3 is 4.90 Å². The second-order valence-corrected chi connectivity index (χ2v) is 7.16. The molecule has 0 bridgehead atoms. The molecular formula is C16H16N4O2S. The van der Waals surface area contributed by atoms with Crippen LogP contribution < -0.4 is 4.90 Å². The summed E-state index contributed by atoms with van der Waals surface area (Å²) in [6.45, 7) is 1.90. The third kappa shape index (κ3) is 3.18. The van der Waals surface area contributed by atoms with Crippen LogP contribution in [0.4, 0.5) is 5.82 Å². The summed E-state index contributed by atoms with van der Waals surface area (Å²) in [7, 11) is -3.45. The highest BCUT2D eigenvalue weighted by molar-refractivity contribution is 7.89. The molecule has 0 N–H and O–H groups in total. The van der Waals surface area contributed by atoms with Crippen LogP contribution in [0.1, 0.15) is 5.56 Å². The Morgan fingerprint density at radius 2 is 1.74 bits per heavy atom. The molecule has 1 aromatic heterocycles. The molecule has 7 heteroatoms. The molecule has 0 radical (unpaired) electrons. The van der Waals surface area contributed by atoms with Crippen molar-refractivity contribution in [2.24, 2.45) is 0 Å². The van der Waals surface area contributed by atoms with Crippen molar-refractivity contribution in [2.75, 3.05) is 31.1 Å². The van der Waals surface area contributed by atoms with Gasteiger partial charge >= 0.3 is 0 Å². The van der Waals surface area contributed by atoms with Gasteiger partial charge in [0.05, 0.1) is 16.5 Å². The predicted octanol–water partition coefficient (Wildman–Crippen LogP) is 1.46. The molecule has 0 spiro atoms. The maximum atomic E-state index is 12.6. The molecule has 0 saturated carbocycles. The van der Waals surface area contributed by atoms with Gasteiger partial charge in [-0.05, 0) is 24.3 Å². The average Bonchev–Trinajstić information content (AvgIpc) is 2.62. The summed E-state index contributed by atoms with van der Waals surface area (Å²) in [5.74, 6) is 0.709. The van der Waals surface area contributed by atoms with Crippen molar-refractivity contribution in [1.29, 1.82) is 5.26 Å². The van der Waals surface area contributed by atoms with E-state index in [9.17, 15) is 8.42 Å². The van der Waals surface area contributed by atoms with E-state index in [1.807, 2.05) is 4.90 Å². The lowest BCUT2D eigenvalue weighted by Crippen LogP contribution is -2.48. The number of benzene rings is 1. The van der Waals surface area contributed by atoms with E-state index in [1.54, 1.807) is 48.7 Å². The van der Waals surface area contributed by atoms with Crippen LogP contribution in [0.5, 0.6) is 0 Å². The van der Waals surface area contributed by atoms with Gasteiger partial charge in [0.2, 0.25) is 10.0 Å². The van der Waals surface area contributed by atoms with Gasteiger partial charge in [0.1, 0.15) is 5.82 Å². The van der Waals surface area contributed by atoms with Gasteiger partial charge in [0, 0.05) is 32.4 Å². The number of piperazine rings is 1. The highest BCUT2D eigenvalue weighted by Gasteiger charge is 2.28. The number of nitrogens with zero attached hydrogens (tertiary/aromatic N) is 4. The third-order valence-electron chi connectivity index (χ3n) is 3.82. The van der Waals surface area contributed by atoms with Gasteiger partial charge in [-0.3, -0.25) is 0 Å².